The second-order valence-corrected chi connectivity index (χ2v) is 6.40. The average Bonchev–Trinajstić information content (AvgIpc) is 2.68. The molecule has 1 aromatic rings. The Hall–Kier alpha value is -3.10. The zero-order valence-corrected chi connectivity index (χ0v) is 17.7. The zero-order chi connectivity index (χ0) is 22.4. The van der Waals surface area contributed by atoms with Crippen LogP contribution in [0.5, 0.6) is 5.75 Å². The third-order valence-corrected chi connectivity index (χ3v) is 3.92. The number of hydrogen-bond donors (Lipinski definition) is 0. The normalized spacial score (nSPS) is 10.1. The maximum atomic E-state index is 11.3. The van der Waals surface area contributed by atoms with Gasteiger partial charge >= 0.3 is 17.9 Å². The molecule has 0 atom stereocenters. The molecule has 0 bridgehead atoms. The monoisotopic (exact) mass is 423 g/mol. The molecule has 0 aliphatic heterocycles. The number of benzene rings is 1. The molecule has 0 radical (unpaired) electrons. The molecule has 30 heavy (non-hydrogen) atoms. The van der Waals surface area contributed by atoms with Gasteiger partial charge in [0.05, 0.1) is 31.9 Å². The van der Waals surface area contributed by atoms with Crippen LogP contribution in [-0.4, -0.2) is 63.7 Å². The highest BCUT2D eigenvalue weighted by Crippen LogP contribution is 2.25. The van der Waals surface area contributed by atoms with Crippen LogP contribution in [-0.2, 0) is 28.6 Å². The van der Waals surface area contributed by atoms with Crippen molar-refractivity contribution in [3.63, 3.8) is 0 Å². The third kappa shape index (κ3) is 10.4. The lowest BCUT2D eigenvalue weighted by atomic mass is 10.2. The molecule has 0 aliphatic rings. The Bertz CT molecular complexity index is 699. The smallest absolute Gasteiger partial charge is 0.302 e. The average molecular weight is 423 g/mol. The molecule has 0 aliphatic carbocycles. The van der Waals surface area contributed by atoms with Gasteiger partial charge in [-0.05, 0) is 25.0 Å². The van der Waals surface area contributed by atoms with E-state index >= 15 is 0 Å². The van der Waals surface area contributed by atoms with Crippen LogP contribution in [0.15, 0.2) is 18.2 Å². The quantitative estimate of drug-likeness (QED) is 0.192. The van der Waals surface area contributed by atoms with Crippen molar-refractivity contribution in [1.29, 1.82) is 0 Å². The topological polar surface area (TPSA) is 108 Å². The van der Waals surface area contributed by atoms with E-state index in [0.717, 1.165) is 5.69 Å². The number of anilines is 1. The number of unbranched alkanes of at least 4 members (excludes halogenated alkanes) is 1. The van der Waals surface area contributed by atoms with Gasteiger partial charge in [0.25, 0.3) is 0 Å². The number of aldehydes is 1. The summed E-state index contributed by atoms with van der Waals surface area (Å²) in [7, 11) is 0. The van der Waals surface area contributed by atoms with Crippen LogP contribution in [0, 0.1) is 0 Å². The fourth-order valence-electron chi connectivity index (χ4n) is 2.51. The summed E-state index contributed by atoms with van der Waals surface area (Å²) >= 11 is 0. The van der Waals surface area contributed by atoms with Crippen molar-refractivity contribution in [3.05, 3.63) is 23.8 Å². The van der Waals surface area contributed by atoms with Crippen molar-refractivity contribution in [2.75, 3.05) is 44.4 Å². The van der Waals surface area contributed by atoms with Gasteiger partial charge in [-0.1, -0.05) is 0 Å². The number of hydrogen-bond acceptors (Lipinski definition) is 9. The molecule has 0 unspecified atom stereocenters. The molecule has 0 spiro atoms. The largest absolute Gasteiger partial charge is 0.493 e. The van der Waals surface area contributed by atoms with Crippen molar-refractivity contribution in [1.82, 2.24) is 0 Å². The number of nitrogens with zero attached hydrogens (tertiary/aromatic N) is 1. The van der Waals surface area contributed by atoms with Gasteiger partial charge in [-0.3, -0.25) is 19.2 Å². The maximum absolute atomic E-state index is 11.3. The van der Waals surface area contributed by atoms with E-state index in [1.807, 2.05) is 4.90 Å². The predicted octanol–water partition coefficient (Wildman–Crippen LogP) is 2.15. The lowest BCUT2D eigenvalue weighted by molar-refractivity contribution is -0.142. The highest BCUT2D eigenvalue weighted by atomic mass is 16.5. The standard InChI is InChI=1S/C21H29NO8/c1-16(24)27-10-4-5-11-30-21-14-20(7-6-19(21)15-23)22(8-12-28-17(2)25)9-13-29-18(3)26/h6-7,14-15H,4-5,8-13H2,1-3H3. The highest BCUT2D eigenvalue weighted by molar-refractivity contribution is 5.80. The minimum absolute atomic E-state index is 0.164. The van der Waals surface area contributed by atoms with E-state index in [0.29, 0.717) is 56.7 Å². The van der Waals surface area contributed by atoms with Crippen molar-refractivity contribution in [2.24, 2.45) is 0 Å². The number of carbonyl (C=O) groups is 4. The Morgan fingerprint density at radius 3 is 1.90 bits per heavy atom. The number of carbonyl (C=O) groups excluding carboxylic acids is 4. The molecule has 9 nitrogen and oxygen atoms in total. The lowest BCUT2D eigenvalue weighted by Gasteiger charge is -2.25. The summed E-state index contributed by atoms with van der Waals surface area (Å²) in [5.74, 6) is -0.678. The van der Waals surface area contributed by atoms with E-state index in [4.69, 9.17) is 18.9 Å². The van der Waals surface area contributed by atoms with E-state index < -0.39 is 0 Å². The molecule has 0 amide bonds. The van der Waals surface area contributed by atoms with Gasteiger partial charge in [0.1, 0.15) is 19.0 Å². The van der Waals surface area contributed by atoms with Gasteiger partial charge in [-0.15, -0.1) is 0 Å². The minimum atomic E-state index is -0.385. The summed E-state index contributed by atoms with van der Waals surface area (Å²) < 4.78 is 20.6. The summed E-state index contributed by atoms with van der Waals surface area (Å²) in [5.41, 5.74) is 1.13. The second-order valence-electron chi connectivity index (χ2n) is 6.40. The molecule has 0 N–H and O–H groups in total. The maximum Gasteiger partial charge on any atom is 0.302 e. The second kappa shape index (κ2) is 14.0. The zero-order valence-electron chi connectivity index (χ0n) is 17.7. The van der Waals surface area contributed by atoms with Crippen LogP contribution < -0.4 is 9.64 Å². The molecule has 166 valence electrons. The van der Waals surface area contributed by atoms with E-state index in [1.165, 1.54) is 20.8 Å². The van der Waals surface area contributed by atoms with Crippen molar-refractivity contribution in [3.8, 4) is 5.75 Å². The van der Waals surface area contributed by atoms with Crippen LogP contribution in [0.1, 0.15) is 44.0 Å². The van der Waals surface area contributed by atoms with Crippen molar-refractivity contribution < 1.29 is 38.1 Å². The van der Waals surface area contributed by atoms with Crippen LogP contribution in [0.25, 0.3) is 0 Å². The summed E-state index contributed by atoms with van der Waals surface area (Å²) in [4.78, 5) is 46.0. The van der Waals surface area contributed by atoms with E-state index in [9.17, 15) is 19.2 Å². The number of ether oxygens (including phenoxy) is 4. The Morgan fingerprint density at radius 2 is 1.37 bits per heavy atom. The lowest BCUT2D eigenvalue weighted by Crippen LogP contribution is -2.32. The summed E-state index contributed by atoms with van der Waals surface area (Å²) in [6, 6.07) is 5.11. The summed E-state index contributed by atoms with van der Waals surface area (Å²) in [6.07, 6.45) is 2.01. The Morgan fingerprint density at radius 1 is 0.833 bits per heavy atom. The molecule has 1 rings (SSSR count). The third-order valence-electron chi connectivity index (χ3n) is 3.92. The highest BCUT2D eigenvalue weighted by Gasteiger charge is 2.12. The van der Waals surface area contributed by atoms with Crippen LogP contribution in [0.4, 0.5) is 5.69 Å². The van der Waals surface area contributed by atoms with Crippen LogP contribution in [0.2, 0.25) is 0 Å². The predicted molar refractivity (Wildman–Crippen MR) is 109 cm³/mol. The van der Waals surface area contributed by atoms with Crippen LogP contribution >= 0.6 is 0 Å². The van der Waals surface area contributed by atoms with Gasteiger partial charge in [-0.25, -0.2) is 0 Å². The first-order valence-electron chi connectivity index (χ1n) is 9.70. The molecular formula is C21H29NO8. The first-order chi connectivity index (χ1) is 14.3. The van der Waals surface area contributed by atoms with Gasteiger partial charge in [-0.2, -0.15) is 0 Å². The first kappa shape index (κ1) is 24.9. The Balaban J connectivity index is 2.78. The summed E-state index contributed by atoms with van der Waals surface area (Å²) in [6.45, 7) is 5.77. The number of rotatable bonds is 14. The van der Waals surface area contributed by atoms with E-state index in [-0.39, 0.29) is 31.1 Å². The molecular weight excluding hydrogens is 394 g/mol. The molecule has 0 heterocycles. The minimum Gasteiger partial charge on any atom is -0.493 e. The van der Waals surface area contributed by atoms with Crippen molar-refractivity contribution >= 4 is 29.9 Å². The Kier molecular flexibility index (Phi) is 11.6. The fourth-order valence-corrected chi connectivity index (χ4v) is 2.51. The molecule has 0 aromatic heterocycles. The molecule has 1 aromatic carbocycles. The molecule has 0 saturated heterocycles. The summed E-state index contributed by atoms with van der Waals surface area (Å²) in [5, 5.41) is 0. The van der Waals surface area contributed by atoms with Crippen molar-refractivity contribution in [2.45, 2.75) is 33.6 Å². The molecule has 9 heteroatoms. The molecule has 0 saturated carbocycles. The van der Waals surface area contributed by atoms with Gasteiger partial charge in [0.15, 0.2) is 6.29 Å². The first-order valence-corrected chi connectivity index (χ1v) is 9.70. The fraction of sp³-hybridized carbons (Fsp3) is 0.524. The van der Waals surface area contributed by atoms with Gasteiger partial charge in [0, 0.05) is 32.5 Å². The van der Waals surface area contributed by atoms with E-state index in [2.05, 4.69) is 0 Å². The molecule has 0 fully saturated rings. The Labute approximate surface area is 176 Å². The number of esters is 3. The van der Waals surface area contributed by atoms with Gasteiger partial charge < -0.3 is 23.8 Å². The SMILES string of the molecule is CC(=O)OCCCCOc1cc(N(CCOC(C)=O)CCOC(C)=O)ccc1C=O. The van der Waals surface area contributed by atoms with Crippen LogP contribution in [0.3, 0.4) is 0 Å². The van der Waals surface area contributed by atoms with Gasteiger partial charge in [0.2, 0.25) is 0 Å². The van der Waals surface area contributed by atoms with E-state index in [1.54, 1.807) is 18.2 Å².